The highest BCUT2D eigenvalue weighted by atomic mass is 79.9. The average molecular weight is 346 g/mol. The third-order valence-corrected chi connectivity index (χ3v) is 4.47. The molecule has 3 amide bonds. The first-order chi connectivity index (χ1) is 9.15. The van der Waals surface area contributed by atoms with Gasteiger partial charge in [-0.3, -0.25) is 4.79 Å². The van der Waals surface area contributed by atoms with Crippen LogP contribution in [0.5, 0.6) is 0 Å². The summed E-state index contributed by atoms with van der Waals surface area (Å²) in [5.74, 6) is -0.0917. The van der Waals surface area contributed by atoms with E-state index in [1.807, 2.05) is 11.4 Å². The Morgan fingerprint density at radius 2 is 2.37 bits per heavy atom. The van der Waals surface area contributed by atoms with Gasteiger partial charge in [-0.2, -0.15) is 0 Å². The molecule has 0 radical (unpaired) electrons. The van der Waals surface area contributed by atoms with Crippen molar-refractivity contribution in [3.8, 4) is 0 Å². The number of amides is 3. The van der Waals surface area contributed by atoms with Crippen LogP contribution in [0.1, 0.15) is 24.8 Å². The monoisotopic (exact) mass is 345 g/mol. The van der Waals surface area contributed by atoms with Gasteiger partial charge in [-0.05, 0) is 52.2 Å². The van der Waals surface area contributed by atoms with Crippen LogP contribution in [0.2, 0.25) is 0 Å². The topological polar surface area (TPSA) is 70.2 Å². The van der Waals surface area contributed by atoms with Crippen LogP contribution in [0.3, 0.4) is 0 Å². The van der Waals surface area contributed by atoms with E-state index < -0.39 is 6.04 Å². The summed E-state index contributed by atoms with van der Waals surface area (Å²) in [7, 11) is 0. The van der Waals surface area contributed by atoms with Crippen molar-refractivity contribution < 1.29 is 9.59 Å². The molecule has 1 aliphatic heterocycles. The van der Waals surface area contributed by atoms with Crippen molar-refractivity contribution in [1.82, 2.24) is 16.0 Å². The Kier molecular flexibility index (Phi) is 5.21. The zero-order valence-electron chi connectivity index (χ0n) is 10.4. The number of hydrogen-bond donors (Lipinski definition) is 3. The highest BCUT2D eigenvalue weighted by Crippen LogP contribution is 2.20. The largest absolute Gasteiger partial charge is 0.354 e. The summed E-state index contributed by atoms with van der Waals surface area (Å²) in [4.78, 5) is 23.4. The van der Waals surface area contributed by atoms with E-state index >= 15 is 0 Å². The van der Waals surface area contributed by atoms with Crippen molar-refractivity contribution in [3.63, 3.8) is 0 Å². The molecule has 2 heterocycles. The molecule has 0 saturated carbocycles. The molecule has 3 N–H and O–H groups in total. The van der Waals surface area contributed by atoms with Crippen LogP contribution in [0.25, 0.3) is 0 Å². The van der Waals surface area contributed by atoms with Crippen LogP contribution in [0, 0.1) is 0 Å². The van der Waals surface area contributed by atoms with Crippen molar-refractivity contribution in [2.45, 2.75) is 31.8 Å². The summed E-state index contributed by atoms with van der Waals surface area (Å²) in [5.41, 5.74) is 1.04. The minimum Gasteiger partial charge on any atom is -0.354 e. The minimum absolute atomic E-state index is 0.0917. The molecule has 0 aliphatic carbocycles. The molecule has 2 rings (SSSR count). The molecule has 0 bridgehead atoms. The fourth-order valence-electron chi connectivity index (χ4n) is 1.91. The normalized spacial score (nSPS) is 19.4. The van der Waals surface area contributed by atoms with Gasteiger partial charge < -0.3 is 16.0 Å². The van der Waals surface area contributed by atoms with Gasteiger partial charge in [-0.25, -0.2) is 4.79 Å². The summed E-state index contributed by atoms with van der Waals surface area (Å²) in [6, 6.07) is 1.24. The predicted molar refractivity (Wildman–Crippen MR) is 78.0 cm³/mol. The van der Waals surface area contributed by atoms with Crippen molar-refractivity contribution >= 4 is 39.2 Å². The van der Waals surface area contributed by atoms with Gasteiger partial charge in [-0.15, -0.1) is 11.3 Å². The molecule has 5 nitrogen and oxygen atoms in total. The molecule has 1 atom stereocenters. The fraction of sp³-hybridized carbons (Fsp3) is 0.500. The van der Waals surface area contributed by atoms with E-state index in [1.165, 1.54) is 0 Å². The molecule has 1 saturated heterocycles. The first-order valence-corrected chi connectivity index (χ1v) is 7.87. The molecular formula is C12H16BrN3O2S. The van der Waals surface area contributed by atoms with Crippen LogP contribution in [0.4, 0.5) is 4.79 Å². The Hall–Kier alpha value is -1.08. The molecule has 0 aromatic carbocycles. The van der Waals surface area contributed by atoms with Crippen molar-refractivity contribution in [1.29, 1.82) is 0 Å². The number of urea groups is 1. The Morgan fingerprint density at radius 1 is 1.53 bits per heavy atom. The van der Waals surface area contributed by atoms with Gasteiger partial charge in [0, 0.05) is 13.1 Å². The Morgan fingerprint density at radius 3 is 3.11 bits per heavy atom. The molecule has 19 heavy (non-hydrogen) atoms. The Labute approximate surface area is 124 Å². The second-order valence-corrected chi connectivity index (χ2v) is 6.72. The summed E-state index contributed by atoms with van der Waals surface area (Å²) in [5, 5.41) is 10.2. The van der Waals surface area contributed by atoms with E-state index in [0.29, 0.717) is 19.5 Å². The van der Waals surface area contributed by atoms with Crippen molar-refractivity contribution in [2.75, 3.05) is 6.54 Å². The summed E-state index contributed by atoms with van der Waals surface area (Å²) in [6.07, 6.45) is 2.61. The maximum atomic E-state index is 11.7. The quantitative estimate of drug-likeness (QED) is 0.783. The van der Waals surface area contributed by atoms with E-state index in [-0.39, 0.29) is 11.9 Å². The number of rotatable bonds is 3. The number of carbonyl (C=O) groups excluding carboxylic acids is 2. The average Bonchev–Trinajstić information content (AvgIpc) is 2.69. The number of carbonyl (C=O) groups is 2. The lowest BCUT2D eigenvalue weighted by atomic mass is 10.1. The SMILES string of the molecule is O=C(NCc1csc(Br)c1)N[C@@H]1CCCCNC1=O. The van der Waals surface area contributed by atoms with Gasteiger partial charge in [0.25, 0.3) is 0 Å². The molecule has 104 valence electrons. The molecule has 7 heteroatoms. The molecule has 1 aromatic rings. The van der Waals surface area contributed by atoms with E-state index in [2.05, 4.69) is 31.9 Å². The lowest BCUT2D eigenvalue weighted by Crippen LogP contribution is -2.48. The standard InChI is InChI=1S/C12H16BrN3O2S/c13-10-5-8(7-19-10)6-15-12(18)16-9-3-1-2-4-14-11(9)17/h5,7,9H,1-4,6H2,(H,14,17)(H2,15,16,18)/t9-/m1/s1. The van der Waals surface area contributed by atoms with Gasteiger partial charge in [0.1, 0.15) is 6.04 Å². The zero-order valence-corrected chi connectivity index (χ0v) is 12.8. The highest BCUT2D eigenvalue weighted by Gasteiger charge is 2.22. The van der Waals surface area contributed by atoms with Gasteiger partial charge in [-0.1, -0.05) is 0 Å². The van der Waals surface area contributed by atoms with E-state index in [0.717, 1.165) is 22.2 Å². The maximum Gasteiger partial charge on any atom is 0.315 e. The first-order valence-electron chi connectivity index (χ1n) is 6.20. The molecule has 0 spiro atoms. The smallest absolute Gasteiger partial charge is 0.315 e. The number of halogens is 1. The number of nitrogens with one attached hydrogen (secondary N) is 3. The fourth-order valence-corrected chi connectivity index (χ4v) is 3.12. The summed E-state index contributed by atoms with van der Waals surface area (Å²) >= 11 is 4.95. The maximum absolute atomic E-state index is 11.7. The van der Waals surface area contributed by atoms with Crippen LogP contribution < -0.4 is 16.0 Å². The van der Waals surface area contributed by atoms with Crippen molar-refractivity contribution in [3.05, 3.63) is 20.8 Å². The van der Waals surface area contributed by atoms with E-state index in [1.54, 1.807) is 11.3 Å². The Bertz CT molecular complexity index is 464. The molecule has 1 fully saturated rings. The second-order valence-electron chi connectivity index (χ2n) is 4.43. The summed E-state index contributed by atoms with van der Waals surface area (Å²) < 4.78 is 1.04. The second kappa shape index (κ2) is 6.91. The summed E-state index contributed by atoms with van der Waals surface area (Å²) in [6.45, 7) is 1.16. The first kappa shape index (κ1) is 14.3. The van der Waals surface area contributed by atoms with Gasteiger partial charge >= 0.3 is 6.03 Å². The van der Waals surface area contributed by atoms with E-state index in [9.17, 15) is 9.59 Å². The van der Waals surface area contributed by atoms with Crippen LogP contribution in [-0.2, 0) is 11.3 Å². The van der Waals surface area contributed by atoms with Gasteiger partial charge in [0.2, 0.25) is 5.91 Å². The molecule has 1 aromatic heterocycles. The van der Waals surface area contributed by atoms with Crippen LogP contribution >= 0.6 is 27.3 Å². The molecule has 1 aliphatic rings. The molecule has 0 unspecified atom stereocenters. The van der Waals surface area contributed by atoms with Crippen LogP contribution in [0.15, 0.2) is 15.2 Å². The number of hydrogen-bond acceptors (Lipinski definition) is 3. The minimum atomic E-state index is -0.420. The van der Waals surface area contributed by atoms with E-state index in [4.69, 9.17) is 0 Å². The predicted octanol–water partition coefficient (Wildman–Crippen LogP) is 1.98. The lowest BCUT2D eigenvalue weighted by molar-refractivity contribution is -0.122. The highest BCUT2D eigenvalue weighted by molar-refractivity contribution is 9.11. The van der Waals surface area contributed by atoms with Crippen LogP contribution in [-0.4, -0.2) is 24.5 Å². The molecular weight excluding hydrogens is 330 g/mol. The third-order valence-electron chi connectivity index (χ3n) is 2.92. The van der Waals surface area contributed by atoms with Crippen molar-refractivity contribution in [2.24, 2.45) is 0 Å². The number of thiophene rings is 1. The third kappa shape index (κ3) is 4.50. The zero-order chi connectivity index (χ0) is 13.7. The Balaban J connectivity index is 1.78. The van der Waals surface area contributed by atoms with Gasteiger partial charge in [0.15, 0.2) is 0 Å². The lowest BCUT2D eigenvalue weighted by Gasteiger charge is -2.15. The van der Waals surface area contributed by atoms with Gasteiger partial charge in [0.05, 0.1) is 3.79 Å².